The van der Waals surface area contributed by atoms with Crippen LogP contribution in [0, 0.1) is 0 Å². The Morgan fingerprint density at radius 2 is 1.85 bits per heavy atom. The van der Waals surface area contributed by atoms with Crippen molar-refractivity contribution in [3.63, 3.8) is 0 Å². The summed E-state index contributed by atoms with van der Waals surface area (Å²) in [6, 6.07) is 4.20. The molecule has 0 heterocycles. The smallest absolute Gasteiger partial charge is 0.242 e. The number of carbonyl (C=O) groups excluding carboxylic acids is 2. The van der Waals surface area contributed by atoms with Gasteiger partial charge in [0, 0.05) is 0 Å². The lowest BCUT2D eigenvalue weighted by Crippen LogP contribution is -2.55. The number of hydrogen-bond donors (Lipinski definition) is 5. The maximum atomic E-state index is 11.8. The summed E-state index contributed by atoms with van der Waals surface area (Å²) in [5, 5.41) is 20.8. The number of aliphatic hydroxyl groups excluding tert-OH is 1. The monoisotopic (exact) mass is 281 g/mol. The lowest BCUT2D eigenvalue weighted by Gasteiger charge is -2.20. The Morgan fingerprint density at radius 3 is 2.30 bits per heavy atom. The number of phenolic OH excluding ortho intramolecular Hbond substituents is 1. The highest BCUT2D eigenvalue weighted by Gasteiger charge is 2.25. The average Bonchev–Trinajstić information content (AvgIpc) is 2.37. The molecule has 110 valence electrons. The van der Waals surface area contributed by atoms with E-state index < -0.39 is 30.0 Å². The number of carbonyl (C=O) groups is 2. The Kier molecular flexibility index (Phi) is 5.48. The third kappa shape index (κ3) is 4.52. The molecule has 0 aromatic heterocycles. The molecule has 0 saturated carbocycles. The van der Waals surface area contributed by atoms with E-state index in [1.54, 1.807) is 12.1 Å². The maximum absolute atomic E-state index is 11.8. The molecule has 0 bridgehead atoms. The first-order chi connectivity index (χ1) is 9.31. The first kappa shape index (κ1) is 15.9. The Hall–Kier alpha value is -2.12. The molecule has 0 aliphatic rings. The van der Waals surface area contributed by atoms with Crippen molar-refractivity contribution in [2.24, 2.45) is 11.5 Å². The number of amides is 2. The first-order valence-electron chi connectivity index (χ1n) is 6.12. The van der Waals surface area contributed by atoms with Gasteiger partial charge in [0.25, 0.3) is 0 Å². The van der Waals surface area contributed by atoms with Gasteiger partial charge in [-0.15, -0.1) is 0 Å². The molecule has 7 heteroatoms. The Balaban J connectivity index is 2.62. The summed E-state index contributed by atoms with van der Waals surface area (Å²) in [6.45, 7) is 1.35. The van der Waals surface area contributed by atoms with Gasteiger partial charge in [0.1, 0.15) is 11.8 Å². The number of rotatable bonds is 6. The SMILES string of the molecule is C[C@@H](O)[C@H](NC(=O)[C@@H](N)Cc1ccc(O)cc1)C(N)=O. The van der Waals surface area contributed by atoms with E-state index in [0.717, 1.165) is 5.56 Å². The number of nitrogens with one attached hydrogen (secondary N) is 1. The zero-order valence-electron chi connectivity index (χ0n) is 11.1. The van der Waals surface area contributed by atoms with Crippen LogP contribution in [0.3, 0.4) is 0 Å². The van der Waals surface area contributed by atoms with Crippen LogP contribution in [-0.4, -0.2) is 40.2 Å². The van der Waals surface area contributed by atoms with Crippen LogP contribution in [0.4, 0.5) is 0 Å². The number of benzene rings is 1. The van der Waals surface area contributed by atoms with Crippen LogP contribution >= 0.6 is 0 Å². The van der Waals surface area contributed by atoms with Gasteiger partial charge < -0.3 is 27.0 Å². The molecule has 0 spiro atoms. The van der Waals surface area contributed by atoms with Crippen molar-refractivity contribution in [2.75, 3.05) is 0 Å². The van der Waals surface area contributed by atoms with Gasteiger partial charge in [-0.05, 0) is 31.0 Å². The van der Waals surface area contributed by atoms with Gasteiger partial charge >= 0.3 is 0 Å². The summed E-state index contributed by atoms with van der Waals surface area (Å²) < 4.78 is 0. The molecule has 3 atom stereocenters. The Labute approximate surface area is 116 Å². The van der Waals surface area contributed by atoms with Crippen molar-refractivity contribution >= 4 is 11.8 Å². The fraction of sp³-hybridized carbons (Fsp3) is 0.385. The van der Waals surface area contributed by atoms with E-state index in [0.29, 0.717) is 0 Å². The van der Waals surface area contributed by atoms with Crippen LogP contribution in [0.25, 0.3) is 0 Å². The minimum absolute atomic E-state index is 0.120. The van der Waals surface area contributed by atoms with Crippen molar-refractivity contribution < 1.29 is 19.8 Å². The maximum Gasteiger partial charge on any atom is 0.242 e. The summed E-state index contributed by atoms with van der Waals surface area (Å²) in [4.78, 5) is 22.9. The van der Waals surface area contributed by atoms with E-state index >= 15 is 0 Å². The lowest BCUT2D eigenvalue weighted by molar-refractivity contribution is -0.130. The molecular formula is C13H19N3O4. The topological polar surface area (TPSA) is 139 Å². The van der Waals surface area contributed by atoms with E-state index in [-0.39, 0.29) is 12.2 Å². The van der Waals surface area contributed by atoms with Crippen molar-refractivity contribution in [3.05, 3.63) is 29.8 Å². The zero-order chi connectivity index (χ0) is 15.3. The third-order valence-electron chi connectivity index (χ3n) is 2.82. The minimum Gasteiger partial charge on any atom is -0.508 e. The fourth-order valence-electron chi connectivity index (χ4n) is 1.67. The van der Waals surface area contributed by atoms with Gasteiger partial charge in [-0.1, -0.05) is 12.1 Å². The van der Waals surface area contributed by atoms with Crippen molar-refractivity contribution in [1.29, 1.82) is 0 Å². The summed E-state index contributed by atoms with van der Waals surface area (Å²) in [5.41, 5.74) is 11.6. The summed E-state index contributed by atoms with van der Waals surface area (Å²) in [7, 11) is 0. The number of phenols is 1. The van der Waals surface area contributed by atoms with Crippen LogP contribution in [0.2, 0.25) is 0 Å². The summed E-state index contributed by atoms with van der Waals surface area (Å²) in [6.07, 6.45) is -0.866. The number of aromatic hydroxyl groups is 1. The van der Waals surface area contributed by atoms with Gasteiger partial charge in [-0.3, -0.25) is 9.59 Å². The molecule has 2 amide bonds. The molecule has 20 heavy (non-hydrogen) atoms. The fourth-order valence-corrected chi connectivity index (χ4v) is 1.67. The van der Waals surface area contributed by atoms with E-state index in [2.05, 4.69) is 5.32 Å². The largest absolute Gasteiger partial charge is 0.508 e. The van der Waals surface area contributed by atoms with Gasteiger partial charge in [-0.25, -0.2) is 0 Å². The number of primary amides is 1. The number of hydrogen-bond acceptors (Lipinski definition) is 5. The van der Waals surface area contributed by atoms with Crippen LogP contribution in [0.5, 0.6) is 5.75 Å². The molecule has 1 rings (SSSR count). The predicted molar refractivity (Wildman–Crippen MR) is 72.6 cm³/mol. The van der Waals surface area contributed by atoms with E-state index in [1.807, 2.05) is 0 Å². The Morgan fingerprint density at radius 1 is 1.30 bits per heavy atom. The summed E-state index contributed by atoms with van der Waals surface area (Å²) in [5.74, 6) is -1.29. The van der Waals surface area contributed by atoms with Crippen molar-refractivity contribution in [1.82, 2.24) is 5.32 Å². The summed E-state index contributed by atoms with van der Waals surface area (Å²) >= 11 is 0. The highest BCUT2D eigenvalue weighted by Crippen LogP contribution is 2.11. The quantitative estimate of drug-likeness (QED) is 0.437. The molecular weight excluding hydrogens is 262 g/mol. The first-order valence-corrected chi connectivity index (χ1v) is 6.12. The highest BCUT2D eigenvalue weighted by atomic mass is 16.3. The second kappa shape index (κ2) is 6.88. The highest BCUT2D eigenvalue weighted by molar-refractivity contribution is 5.89. The predicted octanol–water partition coefficient (Wildman–Crippen LogP) is -1.39. The number of nitrogens with two attached hydrogens (primary N) is 2. The van der Waals surface area contributed by atoms with E-state index in [4.69, 9.17) is 16.6 Å². The zero-order valence-corrected chi connectivity index (χ0v) is 11.1. The minimum atomic E-state index is -1.17. The van der Waals surface area contributed by atoms with Gasteiger partial charge in [0.15, 0.2) is 0 Å². The molecule has 7 nitrogen and oxygen atoms in total. The third-order valence-corrected chi connectivity index (χ3v) is 2.82. The molecule has 0 radical (unpaired) electrons. The Bertz CT molecular complexity index is 473. The molecule has 7 N–H and O–H groups in total. The molecule has 0 fully saturated rings. The van der Waals surface area contributed by atoms with E-state index in [1.165, 1.54) is 19.1 Å². The normalized spacial score (nSPS) is 15.2. The molecule has 1 aromatic carbocycles. The average molecular weight is 281 g/mol. The van der Waals surface area contributed by atoms with Gasteiger partial charge in [0.2, 0.25) is 11.8 Å². The molecule has 0 aliphatic heterocycles. The molecule has 1 aromatic rings. The van der Waals surface area contributed by atoms with Crippen LogP contribution in [0.15, 0.2) is 24.3 Å². The number of aliphatic hydroxyl groups is 1. The molecule has 0 aliphatic carbocycles. The van der Waals surface area contributed by atoms with Crippen LogP contribution in [0.1, 0.15) is 12.5 Å². The van der Waals surface area contributed by atoms with E-state index in [9.17, 15) is 14.7 Å². The van der Waals surface area contributed by atoms with Crippen LogP contribution in [-0.2, 0) is 16.0 Å². The van der Waals surface area contributed by atoms with Crippen molar-refractivity contribution in [2.45, 2.75) is 31.5 Å². The molecule has 0 unspecified atom stereocenters. The van der Waals surface area contributed by atoms with Gasteiger partial charge in [-0.2, -0.15) is 0 Å². The second-order valence-electron chi connectivity index (χ2n) is 4.61. The second-order valence-corrected chi connectivity index (χ2v) is 4.61. The molecule has 0 saturated heterocycles. The van der Waals surface area contributed by atoms with Crippen LogP contribution < -0.4 is 16.8 Å². The lowest BCUT2D eigenvalue weighted by atomic mass is 10.0. The van der Waals surface area contributed by atoms with Crippen molar-refractivity contribution in [3.8, 4) is 5.75 Å². The van der Waals surface area contributed by atoms with Gasteiger partial charge in [0.05, 0.1) is 12.1 Å². The standard InChI is InChI=1S/C13H19N3O4/c1-7(17)11(12(15)19)16-13(20)10(14)6-8-2-4-9(18)5-3-8/h2-5,7,10-11,17-18H,6,14H2,1H3,(H2,15,19)(H,16,20)/t7-,10+,11+/m1/s1.